The Bertz CT molecular complexity index is 1170. The Kier molecular flexibility index (Phi) is 5.72. The van der Waals surface area contributed by atoms with Crippen LogP contribution in [-0.2, 0) is 4.79 Å². The highest BCUT2D eigenvalue weighted by Crippen LogP contribution is 2.35. The van der Waals surface area contributed by atoms with Crippen LogP contribution in [0.4, 0.5) is 5.69 Å². The molecule has 0 unspecified atom stereocenters. The molecule has 7 heteroatoms. The number of carbonyl (C=O) groups is 1. The molecule has 4 aromatic rings. The Labute approximate surface area is 182 Å². The number of aryl methyl sites for hydroxylation is 1. The highest BCUT2D eigenvalue weighted by Gasteiger charge is 2.12. The first kappa shape index (κ1) is 19.7. The molecule has 0 saturated carbocycles. The van der Waals surface area contributed by atoms with E-state index in [0.29, 0.717) is 21.5 Å². The van der Waals surface area contributed by atoms with Gasteiger partial charge in [-0.05, 0) is 61.0 Å². The van der Waals surface area contributed by atoms with Crippen molar-refractivity contribution >= 4 is 56.3 Å². The Morgan fingerprint density at radius 2 is 1.90 bits per heavy atom. The summed E-state index contributed by atoms with van der Waals surface area (Å²) in [6.45, 7) is 1.77. The lowest BCUT2D eigenvalue weighted by atomic mass is 10.2. The molecule has 0 aliphatic rings. The first-order chi connectivity index (χ1) is 14.0. The van der Waals surface area contributed by atoms with Crippen LogP contribution in [0.15, 0.2) is 60.7 Å². The molecule has 0 aliphatic carbocycles. The number of hydrogen-bond acceptors (Lipinski definition) is 4. The number of fused-ring (bicyclic) bond motifs is 1. The van der Waals surface area contributed by atoms with E-state index in [4.69, 9.17) is 27.9 Å². The lowest BCUT2D eigenvalue weighted by Crippen LogP contribution is -2.20. The summed E-state index contributed by atoms with van der Waals surface area (Å²) < 4.78 is 6.62. The summed E-state index contributed by atoms with van der Waals surface area (Å²) in [5.41, 5.74) is 3.26. The van der Waals surface area contributed by atoms with E-state index in [-0.39, 0.29) is 12.5 Å². The molecule has 0 aliphatic heterocycles. The molecule has 4 rings (SSSR count). The standard InChI is InChI=1S/C22H16Cl2N2O2S/c1-13-10-15(7-9-17(13)23)28-12-21(27)25-14-6-8-16(18(24)11-14)22-26-19-4-2-3-5-20(19)29-22/h2-11H,12H2,1H3,(H,25,27). The molecule has 1 N–H and O–H groups in total. The summed E-state index contributed by atoms with van der Waals surface area (Å²) in [6.07, 6.45) is 0. The fourth-order valence-corrected chi connectivity index (χ4v) is 4.26. The highest BCUT2D eigenvalue weighted by atomic mass is 35.5. The van der Waals surface area contributed by atoms with Gasteiger partial charge in [-0.2, -0.15) is 0 Å². The van der Waals surface area contributed by atoms with E-state index in [0.717, 1.165) is 26.4 Å². The first-order valence-corrected chi connectivity index (χ1v) is 10.4. The topological polar surface area (TPSA) is 51.2 Å². The number of nitrogens with one attached hydrogen (secondary N) is 1. The fraction of sp³-hybridized carbons (Fsp3) is 0.0909. The molecular formula is C22H16Cl2N2O2S. The van der Waals surface area contributed by atoms with Crippen LogP contribution < -0.4 is 10.1 Å². The van der Waals surface area contributed by atoms with Crippen LogP contribution in [0.2, 0.25) is 10.0 Å². The van der Waals surface area contributed by atoms with Gasteiger partial charge in [0.2, 0.25) is 0 Å². The number of anilines is 1. The zero-order valence-corrected chi connectivity index (χ0v) is 17.7. The van der Waals surface area contributed by atoms with Gasteiger partial charge in [0.1, 0.15) is 10.8 Å². The van der Waals surface area contributed by atoms with Crippen molar-refractivity contribution in [1.29, 1.82) is 0 Å². The number of carbonyl (C=O) groups excluding carboxylic acids is 1. The Morgan fingerprint density at radius 3 is 2.66 bits per heavy atom. The van der Waals surface area contributed by atoms with Gasteiger partial charge in [-0.3, -0.25) is 4.79 Å². The van der Waals surface area contributed by atoms with Gasteiger partial charge in [0.15, 0.2) is 6.61 Å². The van der Waals surface area contributed by atoms with Crippen LogP contribution in [0, 0.1) is 6.92 Å². The zero-order valence-electron chi connectivity index (χ0n) is 15.4. The summed E-state index contributed by atoms with van der Waals surface area (Å²) in [5.74, 6) is 0.313. The normalized spacial score (nSPS) is 10.9. The maximum absolute atomic E-state index is 12.2. The van der Waals surface area contributed by atoms with Gasteiger partial charge < -0.3 is 10.1 Å². The van der Waals surface area contributed by atoms with Crippen molar-refractivity contribution in [1.82, 2.24) is 4.98 Å². The molecule has 3 aromatic carbocycles. The molecule has 0 bridgehead atoms. The minimum atomic E-state index is -0.276. The Morgan fingerprint density at radius 1 is 1.07 bits per heavy atom. The number of nitrogens with zero attached hydrogens (tertiary/aromatic N) is 1. The molecule has 0 atom stereocenters. The predicted molar refractivity (Wildman–Crippen MR) is 120 cm³/mol. The summed E-state index contributed by atoms with van der Waals surface area (Å²) in [7, 11) is 0. The predicted octanol–water partition coefficient (Wildman–Crippen LogP) is 6.60. The number of benzene rings is 3. The van der Waals surface area contributed by atoms with Gasteiger partial charge in [0.25, 0.3) is 5.91 Å². The second-order valence-corrected chi connectivity index (χ2v) is 8.27. The van der Waals surface area contributed by atoms with Gasteiger partial charge in [0, 0.05) is 16.3 Å². The number of ether oxygens (including phenoxy) is 1. The van der Waals surface area contributed by atoms with E-state index < -0.39 is 0 Å². The average Bonchev–Trinajstić information content (AvgIpc) is 3.13. The first-order valence-electron chi connectivity index (χ1n) is 8.84. The minimum Gasteiger partial charge on any atom is -0.484 e. The smallest absolute Gasteiger partial charge is 0.262 e. The third kappa shape index (κ3) is 4.53. The van der Waals surface area contributed by atoms with Crippen molar-refractivity contribution in [2.75, 3.05) is 11.9 Å². The summed E-state index contributed by atoms with van der Waals surface area (Å²) in [4.78, 5) is 16.8. The summed E-state index contributed by atoms with van der Waals surface area (Å²) in [6, 6.07) is 18.6. The highest BCUT2D eigenvalue weighted by molar-refractivity contribution is 7.21. The van der Waals surface area contributed by atoms with Crippen LogP contribution in [0.25, 0.3) is 20.8 Å². The summed E-state index contributed by atoms with van der Waals surface area (Å²) in [5, 5.41) is 4.82. The lowest BCUT2D eigenvalue weighted by Gasteiger charge is -2.10. The third-order valence-corrected chi connectivity index (χ3v) is 6.08. The second-order valence-electron chi connectivity index (χ2n) is 6.43. The number of para-hydroxylation sites is 1. The fourth-order valence-electron chi connectivity index (χ4n) is 2.81. The summed E-state index contributed by atoms with van der Waals surface area (Å²) >= 11 is 14.0. The van der Waals surface area contributed by atoms with E-state index in [9.17, 15) is 4.79 Å². The molecule has 1 aromatic heterocycles. The van der Waals surface area contributed by atoms with E-state index in [1.807, 2.05) is 37.3 Å². The zero-order chi connectivity index (χ0) is 20.4. The van der Waals surface area contributed by atoms with Gasteiger partial charge in [0.05, 0.1) is 15.2 Å². The molecule has 0 spiro atoms. The molecule has 0 radical (unpaired) electrons. The molecule has 1 amide bonds. The monoisotopic (exact) mass is 442 g/mol. The molecule has 1 heterocycles. The number of halogens is 2. The third-order valence-electron chi connectivity index (χ3n) is 4.28. The molecule has 0 saturated heterocycles. The second kappa shape index (κ2) is 8.41. The van der Waals surface area contributed by atoms with Crippen LogP contribution in [-0.4, -0.2) is 17.5 Å². The molecule has 4 nitrogen and oxygen atoms in total. The number of aromatic nitrogens is 1. The van der Waals surface area contributed by atoms with E-state index in [2.05, 4.69) is 10.3 Å². The number of amides is 1. The van der Waals surface area contributed by atoms with Crippen LogP contribution in [0.3, 0.4) is 0 Å². The van der Waals surface area contributed by atoms with Crippen molar-refractivity contribution in [2.45, 2.75) is 6.92 Å². The Hall–Kier alpha value is -2.60. The van der Waals surface area contributed by atoms with Crippen LogP contribution in [0.1, 0.15) is 5.56 Å². The molecule has 146 valence electrons. The maximum Gasteiger partial charge on any atom is 0.262 e. The quantitative estimate of drug-likeness (QED) is 0.378. The van der Waals surface area contributed by atoms with Crippen molar-refractivity contribution in [3.8, 4) is 16.3 Å². The molecular weight excluding hydrogens is 427 g/mol. The van der Waals surface area contributed by atoms with Crippen molar-refractivity contribution in [3.05, 3.63) is 76.3 Å². The number of hydrogen-bond donors (Lipinski definition) is 1. The number of rotatable bonds is 5. The van der Waals surface area contributed by atoms with E-state index in [1.165, 1.54) is 0 Å². The molecule has 29 heavy (non-hydrogen) atoms. The van der Waals surface area contributed by atoms with Crippen LogP contribution >= 0.6 is 34.5 Å². The maximum atomic E-state index is 12.2. The number of thiazole rings is 1. The van der Waals surface area contributed by atoms with Crippen LogP contribution in [0.5, 0.6) is 5.75 Å². The minimum absolute atomic E-state index is 0.113. The van der Waals surface area contributed by atoms with Crippen molar-refractivity contribution in [2.24, 2.45) is 0 Å². The Balaban J connectivity index is 1.43. The van der Waals surface area contributed by atoms with Gasteiger partial charge >= 0.3 is 0 Å². The van der Waals surface area contributed by atoms with Crippen molar-refractivity contribution < 1.29 is 9.53 Å². The molecule has 0 fully saturated rings. The lowest BCUT2D eigenvalue weighted by molar-refractivity contribution is -0.118. The van der Waals surface area contributed by atoms with E-state index >= 15 is 0 Å². The van der Waals surface area contributed by atoms with Gasteiger partial charge in [-0.25, -0.2) is 4.98 Å². The average molecular weight is 443 g/mol. The van der Waals surface area contributed by atoms with Crippen molar-refractivity contribution in [3.63, 3.8) is 0 Å². The van der Waals surface area contributed by atoms with E-state index in [1.54, 1.807) is 41.7 Å². The van der Waals surface area contributed by atoms with Gasteiger partial charge in [-0.15, -0.1) is 11.3 Å². The van der Waals surface area contributed by atoms with Gasteiger partial charge in [-0.1, -0.05) is 35.3 Å². The SMILES string of the molecule is Cc1cc(OCC(=O)Nc2ccc(-c3nc4ccccc4s3)c(Cl)c2)ccc1Cl. The largest absolute Gasteiger partial charge is 0.484 e.